The molecule has 0 radical (unpaired) electrons. The molecule has 4 aliphatic rings. The van der Waals surface area contributed by atoms with E-state index in [1.54, 1.807) is 12.1 Å². The molecule has 6 heteroatoms. The first kappa shape index (κ1) is 20.8. The average Bonchev–Trinajstić information content (AvgIpc) is 3.06. The fraction of sp³-hybridized carbons (Fsp3) is 0.680. The third-order valence-electron chi connectivity index (χ3n) is 9.50. The van der Waals surface area contributed by atoms with Crippen LogP contribution in [0, 0.1) is 34.4 Å². The maximum absolute atomic E-state index is 13.1. The van der Waals surface area contributed by atoms with Crippen molar-refractivity contribution in [2.24, 2.45) is 28.6 Å². The number of fused-ring (bicyclic) bond motifs is 5. The number of piperidine rings is 1. The molecule has 5 rings (SSSR count). The molecule has 0 aromatic heterocycles. The van der Waals surface area contributed by atoms with Crippen LogP contribution in [0.1, 0.15) is 65.2 Å². The highest BCUT2D eigenvalue weighted by Gasteiger charge is 2.60. The van der Waals surface area contributed by atoms with Gasteiger partial charge in [0.1, 0.15) is 5.82 Å². The summed E-state index contributed by atoms with van der Waals surface area (Å²) < 4.78 is 13.1. The third-order valence-corrected chi connectivity index (χ3v) is 9.50. The van der Waals surface area contributed by atoms with Crippen molar-refractivity contribution in [2.75, 3.05) is 5.32 Å². The van der Waals surface area contributed by atoms with Gasteiger partial charge in [-0.1, -0.05) is 13.8 Å². The van der Waals surface area contributed by atoms with Gasteiger partial charge >= 0.3 is 6.03 Å². The molecule has 3 amide bonds. The van der Waals surface area contributed by atoms with Gasteiger partial charge in [0.05, 0.1) is 0 Å². The predicted octanol–water partition coefficient (Wildman–Crippen LogP) is 4.84. The maximum Gasteiger partial charge on any atom is 0.319 e. The summed E-state index contributed by atoms with van der Waals surface area (Å²) in [5.74, 6) is 1.88. The fourth-order valence-corrected chi connectivity index (χ4v) is 7.80. The first-order chi connectivity index (χ1) is 14.8. The van der Waals surface area contributed by atoms with Crippen molar-refractivity contribution in [3.63, 3.8) is 0 Å². The van der Waals surface area contributed by atoms with Crippen LogP contribution >= 0.6 is 0 Å². The predicted molar refractivity (Wildman–Crippen MR) is 118 cm³/mol. The molecule has 2 unspecified atom stereocenters. The van der Waals surface area contributed by atoms with E-state index in [0.717, 1.165) is 32.1 Å². The van der Waals surface area contributed by atoms with Crippen LogP contribution in [0.2, 0.25) is 0 Å². The first-order valence-electron chi connectivity index (χ1n) is 11.9. The van der Waals surface area contributed by atoms with Crippen molar-refractivity contribution in [1.29, 1.82) is 0 Å². The molecule has 1 heterocycles. The van der Waals surface area contributed by atoms with Crippen LogP contribution in [0.5, 0.6) is 0 Å². The number of halogens is 1. The van der Waals surface area contributed by atoms with E-state index in [1.165, 1.54) is 25.0 Å². The minimum Gasteiger partial charge on any atom is -0.353 e. The third kappa shape index (κ3) is 3.42. The largest absolute Gasteiger partial charge is 0.353 e. The molecule has 1 aromatic carbocycles. The quantitative estimate of drug-likeness (QED) is 0.632. The lowest BCUT2D eigenvalue weighted by molar-refractivity contribution is -0.136. The molecule has 4 fully saturated rings. The number of carbonyl (C=O) groups is 2. The number of hydrogen-bond acceptors (Lipinski definition) is 2. The van der Waals surface area contributed by atoms with Gasteiger partial charge in [-0.2, -0.15) is 0 Å². The Hall–Kier alpha value is -2.11. The zero-order valence-electron chi connectivity index (χ0n) is 18.5. The molecular formula is C25H34FN3O2. The van der Waals surface area contributed by atoms with Crippen molar-refractivity contribution >= 4 is 17.6 Å². The molecule has 1 saturated heterocycles. The van der Waals surface area contributed by atoms with Crippen LogP contribution in [0.15, 0.2) is 24.3 Å². The second kappa shape index (κ2) is 7.49. The number of nitrogens with one attached hydrogen (secondary N) is 3. The van der Waals surface area contributed by atoms with Gasteiger partial charge in [0, 0.05) is 24.2 Å². The summed E-state index contributed by atoms with van der Waals surface area (Å²) in [4.78, 5) is 24.6. The Kier molecular flexibility index (Phi) is 5.02. The van der Waals surface area contributed by atoms with Gasteiger partial charge in [-0.3, -0.25) is 4.79 Å². The van der Waals surface area contributed by atoms with E-state index in [-0.39, 0.29) is 34.6 Å². The highest BCUT2D eigenvalue weighted by Crippen LogP contribution is 2.63. The van der Waals surface area contributed by atoms with Crippen LogP contribution < -0.4 is 16.0 Å². The molecule has 3 N–H and O–H groups in total. The average molecular weight is 428 g/mol. The Morgan fingerprint density at radius 3 is 2.52 bits per heavy atom. The Morgan fingerprint density at radius 2 is 1.74 bits per heavy atom. The van der Waals surface area contributed by atoms with Gasteiger partial charge in [0.2, 0.25) is 5.91 Å². The van der Waals surface area contributed by atoms with Crippen molar-refractivity contribution < 1.29 is 14.0 Å². The molecule has 0 bridgehead atoms. The van der Waals surface area contributed by atoms with E-state index in [1.807, 2.05) is 0 Å². The summed E-state index contributed by atoms with van der Waals surface area (Å²) in [6.07, 6.45) is 8.40. The lowest BCUT2D eigenvalue weighted by Crippen LogP contribution is -2.61. The van der Waals surface area contributed by atoms with E-state index >= 15 is 0 Å². The van der Waals surface area contributed by atoms with E-state index < -0.39 is 0 Å². The summed E-state index contributed by atoms with van der Waals surface area (Å²) in [6.45, 7) is 4.79. The van der Waals surface area contributed by atoms with Gasteiger partial charge in [-0.25, -0.2) is 9.18 Å². The summed E-state index contributed by atoms with van der Waals surface area (Å²) in [5, 5.41) is 9.40. The molecule has 168 valence electrons. The van der Waals surface area contributed by atoms with Crippen molar-refractivity contribution in [2.45, 2.75) is 77.3 Å². The Morgan fingerprint density at radius 1 is 1.00 bits per heavy atom. The Balaban J connectivity index is 1.28. The molecule has 3 saturated carbocycles. The minimum absolute atomic E-state index is 0.114. The van der Waals surface area contributed by atoms with Crippen molar-refractivity contribution in [3.8, 4) is 0 Å². The van der Waals surface area contributed by atoms with Crippen LogP contribution in [0.25, 0.3) is 0 Å². The van der Waals surface area contributed by atoms with Crippen LogP contribution in [-0.4, -0.2) is 24.0 Å². The zero-order chi connectivity index (χ0) is 21.8. The minimum atomic E-state index is -0.310. The van der Waals surface area contributed by atoms with Crippen LogP contribution in [-0.2, 0) is 4.79 Å². The molecule has 1 aromatic rings. The standard InChI is InChI=1S/C25H34FN3O2/c1-24-13-11-19-17(7-9-20-25(19,2)14-12-22(30)28-20)18(24)8-10-21(24)29-23(31)27-16-5-3-15(26)4-6-16/h3-6,17-21H,7-14H2,1-2H3,(H,28,30)(H2,27,29,31)/t17-,18-,19+,20?,21?,24-,25+/m0/s1. The fourth-order valence-electron chi connectivity index (χ4n) is 7.80. The van der Waals surface area contributed by atoms with E-state index in [2.05, 4.69) is 29.8 Å². The molecular weight excluding hydrogens is 393 g/mol. The highest BCUT2D eigenvalue weighted by molar-refractivity contribution is 5.89. The summed E-state index contributed by atoms with van der Waals surface area (Å²) in [5.41, 5.74) is 0.930. The first-order valence-corrected chi connectivity index (χ1v) is 11.9. The normalized spacial score (nSPS) is 41.4. The van der Waals surface area contributed by atoms with Crippen molar-refractivity contribution in [1.82, 2.24) is 10.6 Å². The summed E-state index contributed by atoms with van der Waals surface area (Å²) >= 11 is 0. The summed E-state index contributed by atoms with van der Waals surface area (Å²) in [6, 6.07) is 6.17. The summed E-state index contributed by atoms with van der Waals surface area (Å²) in [7, 11) is 0. The zero-order valence-corrected chi connectivity index (χ0v) is 18.5. The Bertz CT molecular complexity index is 874. The van der Waals surface area contributed by atoms with E-state index in [0.29, 0.717) is 35.9 Å². The lowest BCUT2D eigenvalue weighted by atomic mass is 9.47. The van der Waals surface area contributed by atoms with Crippen LogP contribution in [0.3, 0.4) is 0 Å². The monoisotopic (exact) mass is 427 g/mol. The highest BCUT2D eigenvalue weighted by atomic mass is 19.1. The maximum atomic E-state index is 13.1. The van der Waals surface area contributed by atoms with Crippen molar-refractivity contribution in [3.05, 3.63) is 30.1 Å². The number of carbonyl (C=O) groups excluding carboxylic acids is 2. The number of benzene rings is 1. The Labute approximate surface area is 183 Å². The molecule has 5 nitrogen and oxygen atoms in total. The number of urea groups is 1. The molecule has 3 aliphatic carbocycles. The molecule has 1 aliphatic heterocycles. The van der Waals surface area contributed by atoms with Gasteiger partial charge in [-0.05, 0) is 97.8 Å². The van der Waals surface area contributed by atoms with Gasteiger partial charge in [0.15, 0.2) is 0 Å². The van der Waals surface area contributed by atoms with E-state index in [9.17, 15) is 14.0 Å². The second-order valence-electron chi connectivity index (χ2n) is 10.9. The number of anilines is 1. The molecule has 7 atom stereocenters. The molecule has 31 heavy (non-hydrogen) atoms. The smallest absolute Gasteiger partial charge is 0.319 e. The topological polar surface area (TPSA) is 70.2 Å². The van der Waals surface area contributed by atoms with Gasteiger partial charge in [0.25, 0.3) is 0 Å². The second-order valence-corrected chi connectivity index (χ2v) is 10.9. The van der Waals surface area contributed by atoms with Crippen LogP contribution in [0.4, 0.5) is 14.9 Å². The number of rotatable bonds is 2. The van der Waals surface area contributed by atoms with E-state index in [4.69, 9.17) is 0 Å². The van der Waals surface area contributed by atoms with Gasteiger partial charge < -0.3 is 16.0 Å². The number of hydrogen-bond donors (Lipinski definition) is 3. The lowest BCUT2D eigenvalue weighted by Gasteiger charge is -2.60. The number of amides is 3. The SMILES string of the molecule is C[C@]12CCC(=O)NC1CC[C@@H]1[C@H]2CC[C@]2(C)C(NC(=O)Nc3ccc(F)cc3)CC[C@@H]12. The molecule has 0 spiro atoms. The van der Waals surface area contributed by atoms with Gasteiger partial charge in [-0.15, -0.1) is 0 Å².